The molecule has 0 bridgehead atoms. The van der Waals surface area contributed by atoms with Gasteiger partial charge in [-0.2, -0.15) is 18.3 Å². The summed E-state index contributed by atoms with van der Waals surface area (Å²) < 4.78 is 57.7. The minimum atomic E-state index is -5.07. The normalized spacial score (nSPS) is 22.2. The highest BCUT2D eigenvalue weighted by molar-refractivity contribution is 5.93. The van der Waals surface area contributed by atoms with E-state index in [0.717, 1.165) is 16.8 Å². The Balaban J connectivity index is 1.98. The molecule has 0 saturated heterocycles. The van der Waals surface area contributed by atoms with E-state index < -0.39 is 41.4 Å². The number of nitrogens with one attached hydrogen (secondary N) is 1. The fraction of sp³-hybridized carbons (Fsp3) is 0.273. The van der Waals surface area contributed by atoms with Crippen LogP contribution >= 0.6 is 0 Å². The van der Waals surface area contributed by atoms with Crippen molar-refractivity contribution in [1.29, 1.82) is 0 Å². The molecule has 3 aromatic rings. The number of aromatic nitrogens is 2. The first-order valence-corrected chi connectivity index (χ1v) is 9.67. The topological polar surface area (TPSA) is 87.4 Å². The highest BCUT2D eigenvalue weighted by Gasteiger charge is 2.61. The van der Waals surface area contributed by atoms with Gasteiger partial charge in [0.2, 0.25) is 0 Å². The molecule has 0 radical (unpaired) electrons. The van der Waals surface area contributed by atoms with Crippen molar-refractivity contribution in [1.82, 2.24) is 9.78 Å². The van der Waals surface area contributed by atoms with Crippen LogP contribution in [0.5, 0.6) is 5.75 Å². The second kappa shape index (κ2) is 7.33. The highest BCUT2D eigenvalue weighted by Crippen LogP contribution is 2.54. The molecule has 6 nitrogen and oxygen atoms in total. The predicted molar refractivity (Wildman–Crippen MR) is 111 cm³/mol. The lowest BCUT2D eigenvalue weighted by Crippen LogP contribution is -2.54. The number of aryl methyl sites for hydroxylation is 1. The molecule has 2 unspecified atom stereocenters. The van der Waals surface area contributed by atoms with Crippen LogP contribution in [-0.2, 0) is 7.05 Å². The smallest absolute Gasteiger partial charge is 0.419 e. The van der Waals surface area contributed by atoms with Gasteiger partial charge in [0.25, 0.3) is 5.56 Å². The second-order valence-electron chi connectivity index (χ2n) is 7.69. The summed E-state index contributed by atoms with van der Waals surface area (Å²) in [5.41, 5.74) is -3.87. The molecule has 1 heterocycles. The lowest BCUT2D eigenvalue weighted by atomic mass is 9.72. The maximum atomic E-state index is 14.2. The summed E-state index contributed by atoms with van der Waals surface area (Å²) in [6.45, 7) is 1.44. The van der Waals surface area contributed by atoms with Crippen LogP contribution in [0.1, 0.15) is 30.5 Å². The number of aliphatic hydroxyl groups is 1. The van der Waals surface area contributed by atoms with Crippen LogP contribution in [0.15, 0.2) is 47.4 Å². The van der Waals surface area contributed by atoms with Crippen molar-refractivity contribution in [3.8, 4) is 5.75 Å². The van der Waals surface area contributed by atoms with E-state index in [-0.39, 0.29) is 33.2 Å². The van der Waals surface area contributed by atoms with Gasteiger partial charge in [-0.1, -0.05) is 18.2 Å². The van der Waals surface area contributed by atoms with Gasteiger partial charge < -0.3 is 15.5 Å². The zero-order chi connectivity index (χ0) is 23.4. The standard InChI is InChI=1S/C22H19F4N3O3/c1-3-11-9-21(32,22(24,25)26)19(13-7-8-15(23)18(30)17(11)13)28-16-6-4-5-12-14(16)10-27-29(2)20(12)31/h3-8,10,19,28,30,32H,9H2,1-2H3. The first-order valence-electron chi connectivity index (χ1n) is 9.67. The molecule has 3 N–H and O–H groups in total. The van der Waals surface area contributed by atoms with Crippen molar-refractivity contribution in [2.24, 2.45) is 7.05 Å². The summed E-state index contributed by atoms with van der Waals surface area (Å²) in [6.07, 6.45) is -3.34. The predicted octanol–water partition coefficient (Wildman–Crippen LogP) is 4.03. The molecule has 2 atom stereocenters. The van der Waals surface area contributed by atoms with E-state index in [1.54, 1.807) is 0 Å². The number of halogens is 4. The number of hydrogen-bond donors (Lipinski definition) is 3. The summed E-state index contributed by atoms with van der Waals surface area (Å²) in [5, 5.41) is 28.3. The third-order valence-corrected chi connectivity index (χ3v) is 5.86. The van der Waals surface area contributed by atoms with Crippen LogP contribution < -0.4 is 10.9 Å². The van der Waals surface area contributed by atoms with E-state index in [9.17, 15) is 32.6 Å². The molecule has 0 amide bonds. The summed E-state index contributed by atoms with van der Waals surface area (Å²) in [6, 6.07) is 4.59. The van der Waals surface area contributed by atoms with Gasteiger partial charge in [-0.3, -0.25) is 4.79 Å². The number of phenols is 1. The maximum Gasteiger partial charge on any atom is 0.419 e. The highest BCUT2D eigenvalue weighted by atomic mass is 19.4. The first-order chi connectivity index (χ1) is 15.0. The Kier molecular flexibility index (Phi) is 5.00. The fourth-order valence-electron chi connectivity index (χ4n) is 4.15. The number of allylic oxidation sites excluding steroid dienone is 1. The van der Waals surface area contributed by atoms with Gasteiger partial charge in [0.05, 0.1) is 17.6 Å². The third-order valence-electron chi connectivity index (χ3n) is 5.86. The number of phenolic OH excluding ortho intramolecular Hbond substituents is 1. The number of rotatable bonds is 2. The number of alkyl halides is 3. The number of benzene rings is 2. The van der Waals surface area contributed by atoms with Crippen LogP contribution in [0.2, 0.25) is 0 Å². The number of fused-ring (bicyclic) bond motifs is 2. The van der Waals surface area contributed by atoms with Crippen LogP contribution in [0.25, 0.3) is 16.3 Å². The minimum Gasteiger partial charge on any atom is -0.504 e. The van der Waals surface area contributed by atoms with E-state index in [1.807, 2.05) is 0 Å². The van der Waals surface area contributed by atoms with Crippen molar-refractivity contribution in [2.45, 2.75) is 31.2 Å². The molecule has 1 aliphatic rings. The zero-order valence-electron chi connectivity index (χ0n) is 17.0. The number of anilines is 1. The molecule has 0 fully saturated rings. The Hall–Kier alpha value is -3.40. The van der Waals surface area contributed by atoms with Crippen LogP contribution in [0.3, 0.4) is 0 Å². The first kappa shape index (κ1) is 21.8. The lowest BCUT2D eigenvalue weighted by Gasteiger charge is -2.44. The summed E-state index contributed by atoms with van der Waals surface area (Å²) in [4.78, 5) is 12.4. The average Bonchev–Trinajstić information content (AvgIpc) is 2.74. The van der Waals surface area contributed by atoms with E-state index in [1.165, 1.54) is 44.4 Å². The van der Waals surface area contributed by atoms with Crippen molar-refractivity contribution in [2.75, 3.05) is 5.32 Å². The van der Waals surface area contributed by atoms with E-state index in [4.69, 9.17) is 0 Å². The molecule has 0 spiro atoms. The van der Waals surface area contributed by atoms with Gasteiger partial charge in [-0.25, -0.2) is 9.07 Å². The number of aromatic hydroxyl groups is 1. The Morgan fingerprint density at radius 2 is 1.97 bits per heavy atom. The molecule has 10 heteroatoms. The molecule has 1 aromatic heterocycles. The molecule has 1 aliphatic carbocycles. The molecule has 4 rings (SSSR count). The number of hydrogen-bond acceptors (Lipinski definition) is 5. The third kappa shape index (κ3) is 3.13. The molecule has 0 aliphatic heterocycles. The molecule has 32 heavy (non-hydrogen) atoms. The van der Waals surface area contributed by atoms with Gasteiger partial charge in [0.1, 0.15) is 0 Å². The van der Waals surface area contributed by atoms with Crippen LogP contribution in [-0.4, -0.2) is 31.8 Å². The Morgan fingerprint density at radius 1 is 1.25 bits per heavy atom. The monoisotopic (exact) mass is 449 g/mol. The van der Waals surface area contributed by atoms with Gasteiger partial charge in [-0.05, 0) is 36.3 Å². The molecular weight excluding hydrogens is 430 g/mol. The largest absolute Gasteiger partial charge is 0.504 e. The Morgan fingerprint density at radius 3 is 2.62 bits per heavy atom. The molecule has 168 valence electrons. The molecule has 2 aromatic carbocycles. The van der Waals surface area contributed by atoms with E-state index in [2.05, 4.69) is 10.4 Å². The molecule has 0 saturated carbocycles. The fourth-order valence-corrected chi connectivity index (χ4v) is 4.15. The Bertz CT molecular complexity index is 1320. The van der Waals surface area contributed by atoms with Gasteiger partial charge in [0, 0.05) is 30.1 Å². The van der Waals surface area contributed by atoms with E-state index >= 15 is 0 Å². The van der Waals surface area contributed by atoms with E-state index in [0.29, 0.717) is 0 Å². The summed E-state index contributed by atoms with van der Waals surface area (Å²) >= 11 is 0. The SMILES string of the molecule is CC=C1CC(O)(C(F)(F)F)C(Nc2cccc3c(=O)n(C)ncc23)c2ccc(F)c(O)c21. The quantitative estimate of drug-likeness (QED) is 0.515. The number of nitrogens with zero attached hydrogens (tertiary/aromatic N) is 2. The maximum absolute atomic E-state index is 14.2. The summed E-state index contributed by atoms with van der Waals surface area (Å²) in [7, 11) is 1.44. The van der Waals surface area contributed by atoms with Crippen LogP contribution in [0, 0.1) is 5.82 Å². The summed E-state index contributed by atoms with van der Waals surface area (Å²) in [5.74, 6) is -1.78. The zero-order valence-corrected chi connectivity index (χ0v) is 17.0. The Labute approximate surface area is 179 Å². The van der Waals surface area contributed by atoms with Crippen molar-refractivity contribution in [3.63, 3.8) is 0 Å². The van der Waals surface area contributed by atoms with Gasteiger partial charge in [-0.15, -0.1) is 0 Å². The van der Waals surface area contributed by atoms with Crippen molar-refractivity contribution < 1.29 is 27.8 Å². The average molecular weight is 449 g/mol. The van der Waals surface area contributed by atoms with Crippen molar-refractivity contribution >= 4 is 22.0 Å². The van der Waals surface area contributed by atoms with Gasteiger partial charge in [0.15, 0.2) is 17.2 Å². The minimum absolute atomic E-state index is 0.0386. The molecular formula is C22H19F4N3O3. The van der Waals surface area contributed by atoms with Crippen LogP contribution in [0.4, 0.5) is 23.2 Å². The second-order valence-corrected chi connectivity index (χ2v) is 7.69. The lowest BCUT2D eigenvalue weighted by molar-refractivity contribution is -0.265. The van der Waals surface area contributed by atoms with Gasteiger partial charge >= 0.3 is 6.18 Å². The van der Waals surface area contributed by atoms with Crippen molar-refractivity contribution in [3.05, 3.63) is 69.9 Å².